The summed E-state index contributed by atoms with van der Waals surface area (Å²) in [6, 6.07) is 0. The Morgan fingerprint density at radius 1 is 0.604 bits per heavy atom. The SMILES string of the molecule is CC/C=C\CC1OC1C/C=C\C/C=C\C/C=C\C/C=C\CCC(=O)O[C@H](COC(=O)CCCCCCCCC/C=C\CCCCCC)COP(=O)(O)O. The van der Waals surface area contributed by atoms with E-state index in [1.54, 1.807) is 0 Å². The molecule has 0 aromatic rings. The van der Waals surface area contributed by atoms with Gasteiger partial charge in [0.05, 0.1) is 18.8 Å². The van der Waals surface area contributed by atoms with Crippen LogP contribution in [0.4, 0.5) is 0 Å². The van der Waals surface area contributed by atoms with Gasteiger partial charge in [-0.25, -0.2) is 4.57 Å². The van der Waals surface area contributed by atoms with Crippen LogP contribution >= 0.6 is 7.82 Å². The van der Waals surface area contributed by atoms with Crippen molar-refractivity contribution >= 4 is 19.8 Å². The summed E-state index contributed by atoms with van der Waals surface area (Å²) in [5.41, 5.74) is 0. The van der Waals surface area contributed by atoms with Crippen molar-refractivity contribution in [1.82, 2.24) is 0 Å². The number of esters is 2. The Hall–Kier alpha value is -2.55. The molecule has 302 valence electrons. The summed E-state index contributed by atoms with van der Waals surface area (Å²) in [7, 11) is -4.78. The fraction of sp³-hybridized carbons (Fsp3) is 0.674. The maximum atomic E-state index is 12.4. The lowest BCUT2D eigenvalue weighted by molar-refractivity contribution is -0.161. The summed E-state index contributed by atoms with van der Waals surface area (Å²) in [6.07, 6.45) is 46.7. The van der Waals surface area contributed by atoms with Gasteiger partial charge in [-0.3, -0.25) is 14.1 Å². The number of rotatable bonds is 35. The van der Waals surface area contributed by atoms with E-state index in [9.17, 15) is 14.2 Å². The highest BCUT2D eigenvalue weighted by Gasteiger charge is 2.35. The Kier molecular flexibility index (Phi) is 31.1. The molecule has 0 aromatic heterocycles. The number of epoxide rings is 1. The maximum absolute atomic E-state index is 12.4. The van der Waals surface area contributed by atoms with Crippen LogP contribution < -0.4 is 0 Å². The molecule has 9 nitrogen and oxygen atoms in total. The average molecular weight is 763 g/mol. The van der Waals surface area contributed by atoms with Crippen molar-refractivity contribution < 1.29 is 42.7 Å². The smallest absolute Gasteiger partial charge is 0.462 e. The lowest BCUT2D eigenvalue weighted by Crippen LogP contribution is -2.29. The van der Waals surface area contributed by atoms with Crippen molar-refractivity contribution in [2.75, 3.05) is 13.2 Å². The minimum atomic E-state index is -4.78. The van der Waals surface area contributed by atoms with E-state index >= 15 is 0 Å². The third-order valence-corrected chi connectivity index (χ3v) is 9.11. The fourth-order valence-electron chi connectivity index (χ4n) is 5.49. The molecule has 3 atom stereocenters. The van der Waals surface area contributed by atoms with Crippen LogP contribution in [0.15, 0.2) is 72.9 Å². The fourth-order valence-corrected chi connectivity index (χ4v) is 5.85. The van der Waals surface area contributed by atoms with Crippen molar-refractivity contribution in [2.45, 2.75) is 173 Å². The molecule has 0 aliphatic carbocycles. The number of hydrogen-bond acceptors (Lipinski definition) is 7. The predicted molar refractivity (Wildman–Crippen MR) is 215 cm³/mol. The number of allylic oxidation sites excluding steroid dienone is 10. The summed E-state index contributed by atoms with van der Waals surface area (Å²) < 4.78 is 31.9. The summed E-state index contributed by atoms with van der Waals surface area (Å²) in [6.45, 7) is 3.47. The highest BCUT2D eigenvalue weighted by atomic mass is 31.2. The summed E-state index contributed by atoms with van der Waals surface area (Å²) >= 11 is 0. The largest absolute Gasteiger partial charge is 0.469 e. The molecular weight excluding hydrogens is 691 g/mol. The second-order valence-corrected chi connectivity index (χ2v) is 14.9. The predicted octanol–water partition coefficient (Wildman–Crippen LogP) is 11.3. The van der Waals surface area contributed by atoms with Gasteiger partial charge in [-0.2, -0.15) is 0 Å². The van der Waals surface area contributed by atoms with Crippen LogP contribution in [0.3, 0.4) is 0 Å². The molecule has 53 heavy (non-hydrogen) atoms. The van der Waals surface area contributed by atoms with Crippen LogP contribution in [0.1, 0.15) is 155 Å². The number of carbonyl (C=O) groups excluding carboxylic acids is 2. The molecule has 0 radical (unpaired) electrons. The van der Waals surface area contributed by atoms with Crippen molar-refractivity contribution in [3.8, 4) is 0 Å². The van der Waals surface area contributed by atoms with Gasteiger partial charge >= 0.3 is 19.8 Å². The lowest BCUT2D eigenvalue weighted by Gasteiger charge is -2.18. The van der Waals surface area contributed by atoms with Gasteiger partial charge in [0.2, 0.25) is 0 Å². The first-order chi connectivity index (χ1) is 25.7. The molecule has 0 amide bonds. The standard InChI is InChI=1S/C43H71O9P/c1-3-5-7-8-9-10-11-12-13-14-18-21-24-27-31-35-42(44)49-37-39(38-50-53(46,47)48)51-43(45)36-32-28-25-22-19-16-15-17-20-23-26-30-34-41-40(52-41)33-29-6-4-2/h6,10-11,16-17,19-20,25-26,28-30,39-41H,3-5,7-9,12-15,18,21-24,27,31-38H2,1-2H3,(H2,46,47,48)/b11-10-,19-16-,20-17-,28-25-,29-6-,30-26-/t39-,40?,41?/m1/s1. The number of phosphoric acid groups is 1. The molecule has 1 aliphatic rings. The molecular formula is C43H71O9P. The second kappa shape index (κ2) is 34.0. The van der Waals surface area contributed by atoms with Crippen LogP contribution in [0.2, 0.25) is 0 Å². The Morgan fingerprint density at radius 3 is 1.70 bits per heavy atom. The van der Waals surface area contributed by atoms with E-state index in [1.165, 1.54) is 51.4 Å². The topological polar surface area (TPSA) is 132 Å². The zero-order valence-electron chi connectivity index (χ0n) is 32.8. The molecule has 2 unspecified atom stereocenters. The lowest BCUT2D eigenvalue weighted by atomic mass is 10.1. The van der Waals surface area contributed by atoms with Gasteiger partial charge in [-0.1, -0.05) is 138 Å². The third-order valence-electron chi connectivity index (χ3n) is 8.62. The first-order valence-electron chi connectivity index (χ1n) is 20.4. The molecule has 2 N–H and O–H groups in total. The van der Waals surface area contributed by atoms with Crippen LogP contribution in [-0.4, -0.2) is 53.3 Å². The highest BCUT2D eigenvalue weighted by molar-refractivity contribution is 7.46. The van der Waals surface area contributed by atoms with Gasteiger partial charge in [0.1, 0.15) is 6.61 Å². The van der Waals surface area contributed by atoms with Crippen molar-refractivity contribution in [3.63, 3.8) is 0 Å². The molecule has 10 heteroatoms. The van der Waals surface area contributed by atoms with E-state index in [4.69, 9.17) is 24.0 Å². The zero-order chi connectivity index (χ0) is 38.7. The van der Waals surface area contributed by atoms with Crippen molar-refractivity contribution in [1.29, 1.82) is 0 Å². The Labute approximate surface area is 321 Å². The van der Waals surface area contributed by atoms with Gasteiger partial charge < -0.3 is 24.0 Å². The molecule has 0 bridgehead atoms. The second-order valence-electron chi connectivity index (χ2n) is 13.6. The number of hydrogen-bond donors (Lipinski definition) is 2. The van der Waals surface area contributed by atoms with Crippen LogP contribution in [0.25, 0.3) is 0 Å². The van der Waals surface area contributed by atoms with Gasteiger partial charge in [-0.15, -0.1) is 0 Å². The quantitative estimate of drug-likeness (QED) is 0.0213. The maximum Gasteiger partial charge on any atom is 0.469 e. The average Bonchev–Trinajstić information content (AvgIpc) is 3.88. The number of unbranched alkanes of at least 4 members (excludes halogenated alkanes) is 11. The van der Waals surface area contributed by atoms with Gasteiger partial charge in [0.25, 0.3) is 0 Å². The highest BCUT2D eigenvalue weighted by Crippen LogP contribution is 2.36. The molecule has 0 saturated carbocycles. The molecule has 1 aliphatic heterocycles. The number of carbonyl (C=O) groups is 2. The van der Waals surface area contributed by atoms with Crippen LogP contribution in [-0.2, 0) is 32.9 Å². The Balaban J connectivity index is 2.13. The zero-order valence-corrected chi connectivity index (χ0v) is 33.7. The summed E-state index contributed by atoms with van der Waals surface area (Å²) in [5.74, 6) is -0.998. The van der Waals surface area contributed by atoms with Gasteiger partial charge in [0.15, 0.2) is 6.10 Å². The first kappa shape index (κ1) is 48.5. The number of phosphoric ester groups is 1. The van der Waals surface area contributed by atoms with E-state index in [1.807, 2.05) is 12.2 Å². The minimum Gasteiger partial charge on any atom is -0.462 e. The van der Waals surface area contributed by atoms with E-state index < -0.39 is 32.5 Å². The van der Waals surface area contributed by atoms with E-state index in [0.717, 1.165) is 64.2 Å². The van der Waals surface area contributed by atoms with E-state index in [-0.39, 0.29) is 19.4 Å². The van der Waals surface area contributed by atoms with Gasteiger partial charge in [0, 0.05) is 12.8 Å². The molecule has 0 aromatic carbocycles. The third kappa shape index (κ3) is 33.7. The summed E-state index contributed by atoms with van der Waals surface area (Å²) in [4.78, 5) is 42.8. The minimum absolute atomic E-state index is 0.0795. The van der Waals surface area contributed by atoms with Crippen molar-refractivity contribution in [2.24, 2.45) is 0 Å². The normalized spacial score (nSPS) is 17.1. The van der Waals surface area contributed by atoms with Crippen molar-refractivity contribution in [3.05, 3.63) is 72.9 Å². The first-order valence-corrected chi connectivity index (χ1v) is 21.9. The Bertz CT molecular complexity index is 1150. The molecule has 1 rings (SSSR count). The van der Waals surface area contributed by atoms with Crippen LogP contribution in [0, 0.1) is 0 Å². The Morgan fingerprint density at radius 2 is 1.11 bits per heavy atom. The number of ether oxygens (including phenoxy) is 3. The molecule has 0 spiro atoms. The van der Waals surface area contributed by atoms with Crippen LogP contribution in [0.5, 0.6) is 0 Å². The van der Waals surface area contributed by atoms with E-state index in [2.05, 4.69) is 79.1 Å². The summed E-state index contributed by atoms with van der Waals surface area (Å²) in [5, 5.41) is 0. The molecule has 1 heterocycles. The van der Waals surface area contributed by atoms with E-state index in [0.29, 0.717) is 25.0 Å². The molecule has 1 saturated heterocycles. The molecule has 1 fully saturated rings. The monoisotopic (exact) mass is 762 g/mol. The van der Waals surface area contributed by atoms with Gasteiger partial charge in [-0.05, 0) is 77.0 Å².